The maximum absolute atomic E-state index is 11.3. The van der Waals surface area contributed by atoms with Crippen molar-refractivity contribution in [3.8, 4) is 0 Å². The molecule has 5 rings (SSSR count). The predicted octanol–water partition coefficient (Wildman–Crippen LogP) is 6.26. The summed E-state index contributed by atoms with van der Waals surface area (Å²) in [6.07, 6.45) is -0.704. The highest BCUT2D eigenvalue weighted by molar-refractivity contribution is 5.24. The Bertz CT molecular complexity index is 1290. The van der Waals surface area contributed by atoms with Crippen molar-refractivity contribution < 1.29 is 24.1 Å². The molecule has 0 bridgehead atoms. The van der Waals surface area contributed by atoms with Crippen LogP contribution < -0.4 is 0 Å². The minimum atomic E-state index is -0.878. The van der Waals surface area contributed by atoms with Crippen molar-refractivity contribution in [1.29, 1.82) is 0 Å². The van der Waals surface area contributed by atoms with E-state index in [1.165, 1.54) is 0 Å². The van der Waals surface area contributed by atoms with Crippen molar-refractivity contribution in [2.75, 3.05) is 6.61 Å². The van der Waals surface area contributed by atoms with Crippen LogP contribution in [0, 0.1) is 0 Å². The van der Waals surface area contributed by atoms with Crippen LogP contribution in [0.15, 0.2) is 133 Å². The Morgan fingerprint density at radius 2 is 0.850 bits per heavy atom. The fraction of sp³-hybridized carbons (Fsp3) is 0.257. The third kappa shape index (κ3) is 7.98. The Balaban J connectivity index is 1.38. The normalized spacial score (nSPS) is 20.7. The molecule has 4 unspecified atom stereocenters. The van der Waals surface area contributed by atoms with Gasteiger partial charge in [0, 0.05) is 0 Å². The van der Waals surface area contributed by atoms with Crippen molar-refractivity contribution in [2.24, 2.45) is 0 Å². The van der Waals surface area contributed by atoms with Crippen LogP contribution in [0.5, 0.6) is 0 Å². The smallest absolute Gasteiger partial charge is 0.117 e. The fourth-order valence-corrected chi connectivity index (χ4v) is 4.85. The van der Waals surface area contributed by atoms with Gasteiger partial charge in [-0.3, -0.25) is 0 Å². The monoisotopic (exact) mass is 536 g/mol. The number of benzene rings is 4. The predicted molar refractivity (Wildman–Crippen MR) is 155 cm³/mol. The Morgan fingerprint density at radius 1 is 0.450 bits per heavy atom. The molecule has 5 heteroatoms. The van der Waals surface area contributed by atoms with Gasteiger partial charge in [0.2, 0.25) is 0 Å². The van der Waals surface area contributed by atoms with Crippen LogP contribution in [0.2, 0.25) is 0 Å². The summed E-state index contributed by atoms with van der Waals surface area (Å²) in [4.78, 5) is 0. The van der Waals surface area contributed by atoms with Gasteiger partial charge in [0.05, 0.1) is 33.0 Å². The van der Waals surface area contributed by atoms with Gasteiger partial charge in [-0.15, -0.1) is 0 Å². The largest absolute Gasteiger partial charge is 0.386 e. The van der Waals surface area contributed by atoms with E-state index >= 15 is 0 Å². The average Bonchev–Trinajstić information content (AvgIpc) is 3.01. The molecule has 4 atom stereocenters. The molecule has 4 aromatic carbocycles. The zero-order valence-electron chi connectivity index (χ0n) is 22.5. The summed E-state index contributed by atoms with van der Waals surface area (Å²) in [5.41, 5.74) is 5.05. The fourth-order valence-electron chi connectivity index (χ4n) is 4.85. The molecular formula is C35H36O5. The summed E-state index contributed by atoms with van der Waals surface area (Å²) in [7, 11) is 0. The molecule has 0 spiro atoms. The standard InChI is InChI=1S/C35H36O5/c36-32-21-31(26-37-22-27-13-5-1-6-14-27)33(38-23-28-15-7-2-8-16-28)35(40-25-30-19-11-4-12-20-30)34(32)39-24-29-17-9-3-10-18-29/h1-21,32-36H,22-26H2. The van der Waals surface area contributed by atoms with E-state index in [-0.39, 0.29) is 0 Å². The van der Waals surface area contributed by atoms with E-state index in [4.69, 9.17) is 18.9 Å². The lowest BCUT2D eigenvalue weighted by Crippen LogP contribution is -2.52. The molecule has 5 nitrogen and oxygen atoms in total. The van der Waals surface area contributed by atoms with E-state index in [0.717, 1.165) is 27.8 Å². The summed E-state index contributed by atoms with van der Waals surface area (Å²) >= 11 is 0. The SMILES string of the molecule is OC1C=C(COCc2ccccc2)C(OCc2ccccc2)C(OCc2ccccc2)C1OCc1ccccc1. The molecule has 1 aliphatic carbocycles. The van der Waals surface area contributed by atoms with Gasteiger partial charge in [0.25, 0.3) is 0 Å². The number of rotatable bonds is 13. The third-order valence-corrected chi connectivity index (χ3v) is 6.93. The van der Waals surface area contributed by atoms with Gasteiger partial charge in [0.15, 0.2) is 0 Å². The first-order valence-corrected chi connectivity index (χ1v) is 13.7. The lowest BCUT2D eigenvalue weighted by Gasteiger charge is -2.40. The van der Waals surface area contributed by atoms with Gasteiger partial charge < -0.3 is 24.1 Å². The van der Waals surface area contributed by atoms with Gasteiger partial charge >= 0.3 is 0 Å². The Kier molecular flexibility index (Phi) is 10.3. The van der Waals surface area contributed by atoms with E-state index in [0.29, 0.717) is 33.0 Å². The molecule has 0 aliphatic heterocycles. The van der Waals surface area contributed by atoms with Crippen molar-refractivity contribution in [3.63, 3.8) is 0 Å². The molecule has 0 radical (unpaired) electrons. The van der Waals surface area contributed by atoms with Gasteiger partial charge in [-0.1, -0.05) is 121 Å². The quantitative estimate of drug-likeness (QED) is 0.204. The van der Waals surface area contributed by atoms with E-state index < -0.39 is 24.4 Å². The second-order valence-corrected chi connectivity index (χ2v) is 9.95. The van der Waals surface area contributed by atoms with Gasteiger partial charge in [-0.2, -0.15) is 0 Å². The number of aliphatic hydroxyl groups excluding tert-OH is 1. The van der Waals surface area contributed by atoms with E-state index in [9.17, 15) is 5.11 Å². The van der Waals surface area contributed by atoms with Gasteiger partial charge in [-0.05, 0) is 33.9 Å². The van der Waals surface area contributed by atoms with E-state index in [2.05, 4.69) is 0 Å². The van der Waals surface area contributed by atoms with Crippen molar-refractivity contribution in [3.05, 3.63) is 155 Å². The molecule has 0 amide bonds. The molecular weight excluding hydrogens is 500 g/mol. The summed E-state index contributed by atoms with van der Waals surface area (Å²) < 4.78 is 25.5. The second kappa shape index (κ2) is 14.7. The van der Waals surface area contributed by atoms with Crippen LogP contribution in [0.1, 0.15) is 22.3 Å². The first-order valence-electron chi connectivity index (χ1n) is 13.7. The molecule has 0 aromatic heterocycles. The zero-order chi connectivity index (χ0) is 27.4. The topological polar surface area (TPSA) is 57.2 Å². The minimum Gasteiger partial charge on any atom is -0.386 e. The molecule has 0 saturated carbocycles. The summed E-state index contributed by atoms with van der Waals surface area (Å²) in [6.45, 7) is 1.89. The Hall–Kier alpha value is -3.58. The number of hydrogen-bond acceptors (Lipinski definition) is 5. The highest BCUT2D eigenvalue weighted by atomic mass is 16.6. The lowest BCUT2D eigenvalue weighted by atomic mass is 9.89. The van der Waals surface area contributed by atoms with Crippen LogP contribution >= 0.6 is 0 Å². The molecule has 1 N–H and O–H groups in total. The molecule has 0 heterocycles. The molecule has 0 saturated heterocycles. The molecule has 4 aromatic rings. The number of hydrogen-bond donors (Lipinski definition) is 1. The molecule has 1 aliphatic rings. The highest BCUT2D eigenvalue weighted by Crippen LogP contribution is 2.30. The number of aliphatic hydroxyl groups is 1. The zero-order valence-corrected chi connectivity index (χ0v) is 22.5. The van der Waals surface area contributed by atoms with Crippen molar-refractivity contribution in [1.82, 2.24) is 0 Å². The minimum absolute atomic E-state index is 0.308. The van der Waals surface area contributed by atoms with Crippen LogP contribution in [-0.2, 0) is 45.4 Å². The van der Waals surface area contributed by atoms with Crippen molar-refractivity contribution in [2.45, 2.75) is 50.8 Å². The second-order valence-electron chi connectivity index (χ2n) is 9.95. The van der Waals surface area contributed by atoms with Crippen LogP contribution in [0.25, 0.3) is 0 Å². The summed E-state index contributed by atoms with van der Waals surface area (Å²) in [6, 6.07) is 40.1. The van der Waals surface area contributed by atoms with Gasteiger partial charge in [0.1, 0.15) is 24.4 Å². The third-order valence-electron chi connectivity index (χ3n) is 6.93. The average molecular weight is 537 g/mol. The molecule has 40 heavy (non-hydrogen) atoms. The molecule has 0 fully saturated rings. The lowest BCUT2D eigenvalue weighted by molar-refractivity contribution is -0.173. The maximum atomic E-state index is 11.3. The summed E-state index contributed by atoms with van der Waals surface area (Å²) in [5, 5.41) is 11.3. The van der Waals surface area contributed by atoms with Crippen LogP contribution in [0.4, 0.5) is 0 Å². The first-order chi connectivity index (χ1) is 19.8. The van der Waals surface area contributed by atoms with Gasteiger partial charge in [-0.25, -0.2) is 0 Å². The highest BCUT2D eigenvalue weighted by Gasteiger charge is 2.42. The first kappa shape index (κ1) is 28.0. The summed E-state index contributed by atoms with van der Waals surface area (Å²) in [5.74, 6) is 0. The van der Waals surface area contributed by atoms with Crippen LogP contribution in [0.3, 0.4) is 0 Å². The Morgan fingerprint density at radius 3 is 1.32 bits per heavy atom. The molecule has 206 valence electrons. The maximum Gasteiger partial charge on any atom is 0.117 e. The Labute approximate surface area is 236 Å². The van der Waals surface area contributed by atoms with Crippen molar-refractivity contribution >= 4 is 0 Å². The van der Waals surface area contributed by atoms with E-state index in [1.54, 1.807) is 0 Å². The van der Waals surface area contributed by atoms with Crippen LogP contribution in [-0.4, -0.2) is 36.1 Å². The van der Waals surface area contributed by atoms with E-state index in [1.807, 2.05) is 127 Å². The number of ether oxygens (including phenoxy) is 4.